The molecule has 0 saturated carbocycles. The molecule has 0 saturated heterocycles. The Balaban J connectivity index is 1.93. The topological polar surface area (TPSA) is 84.9 Å². The van der Waals surface area contributed by atoms with E-state index in [0.29, 0.717) is 30.0 Å². The molecular weight excluding hydrogens is 416 g/mol. The molecule has 2 unspecified atom stereocenters. The highest BCUT2D eigenvalue weighted by Crippen LogP contribution is 2.41. The summed E-state index contributed by atoms with van der Waals surface area (Å²) in [5.41, 5.74) is 0.799. The van der Waals surface area contributed by atoms with Gasteiger partial charge in [0.2, 0.25) is 15.9 Å². The average molecular weight is 447 g/mol. The third-order valence-electron chi connectivity index (χ3n) is 5.33. The molecule has 0 fully saturated rings. The summed E-state index contributed by atoms with van der Waals surface area (Å²) in [7, 11) is -2.09. The number of amides is 1. The van der Waals surface area contributed by atoms with E-state index in [9.17, 15) is 13.2 Å². The second-order valence-electron chi connectivity index (χ2n) is 8.35. The largest absolute Gasteiger partial charge is 0.497 e. The quantitative estimate of drug-likeness (QED) is 0.702. The zero-order valence-corrected chi connectivity index (χ0v) is 19.4. The standard InChI is InChI=1S/C23H30N2O5S/c1-6-20(25(31(5,27)28)16-10-8-7-9-11-16)22(26)24-19-15-23(2,3)30-21-14-17(29-4)12-13-18(19)21/h7-14,19-20H,6,15H2,1-5H3,(H,24,26). The van der Waals surface area contributed by atoms with Crippen molar-refractivity contribution in [2.75, 3.05) is 17.7 Å². The number of sulfonamides is 1. The summed E-state index contributed by atoms with van der Waals surface area (Å²) in [6.07, 6.45) is 2.00. The lowest BCUT2D eigenvalue weighted by atomic mass is 9.89. The van der Waals surface area contributed by atoms with E-state index < -0.39 is 21.7 Å². The summed E-state index contributed by atoms with van der Waals surface area (Å²) < 4.78 is 37.8. The summed E-state index contributed by atoms with van der Waals surface area (Å²) in [6.45, 7) is 5.72. The number of carbonyl (C=O) groups excluding carboxylic acids is 1. The van der Waals surface area contributed by atoms with Crippen LogP contribution in [0.1, 0.15) is 45.2 Å². The molecule has 0 aliphatic carbocycles. The number of para-hydroxylation sites is 1. The Labute approximate surface area is 184 Å². The predicted octanol–water partition coefficient (Wildman–Crippen LogP) is 3.66. The molecule has 2 aromatic carbocycles. The van der Waals surface area contributed by atoms with Crippen LogP contribution in [0, 0.1) is 0 Å². The second-order valence-corrected chi connectivity index (χ2v) is 10.2. The van der Waals surface area contributed by atoms with Crippen molar-refractivity contribution in [3.05, 3.63) is 54.1 Å². The Morgan fingerprint density at radius 1 is 1.26 bits per heavy atom. The van der Waals surface area contributed by atoms with Gasteiger partial charge in [0.1, 0.15) is 23.1 Å². The first-order valence-corrected chi connectivity index (χ1v) is 12.1. The maximum Gasteiger partial charge on any atom is 0.244 e. The van der Waals surface area contributed by atoms with Gasteiger partial charge in [0.05, 0.1) is 25.1 Å². The summed E-state index contributed by atoms with van der Waals surface area (Å²) in [5, 5.41) is 3.08. The van der Waals surface area contributed by atoms with Crippen LogP contribution in [-0.2, 0) is 14.8 Å². The van der Waals surface area contributed by atoms with Crippen molar-refractivity contribution in [3.63, 3.8) is 0 Å². The fourth-order valence-corrected chi connectivity index (χ4v) is 5.20. The van der Waals surface area contributed by atoms with Gasteiger partial charge in [-0.25, -0.2) is 8.42 Å². The zero-order valence-electron chi connectivity index (χ0n) is 18.6. The van der Waals surface area contributed by atoms with Crippen LogP contribution >= 0.6 is 0 Å². The van der Waals surface area contributed by atoms with E-state index in [0.717, 1.165) is 11.8 Å². The molecule has 1 amide bonds. The summed E-state index contributed by atoms with van der Waals surface area (Å²) >= 11 is 0. The zero-order chi connectivity index (χ0) is 22.8. The molecule has 168 valence electrons. The molecule has 3 rings (SSSR count). The molecule has 7 nitrogen and oxygen atoms in total. The van der Waals surface area contributed by atoms with Crippen LogP contribution in [0.5, 0.6) is 11.5 Å². The minimum Gasteiger partial charge on any atom is -0.497 e. The van der Waals surface area contributed by atoms with Crippen LogP contribution in [0.2, 0.25) is 0 Å². The molecular formula is C23H30N2O5S. The summed E-state index contributed by atoms with van der Waals surface area (Å²) in [6, 6.07) is 13.0. The van der Waals surface area contributed by atoms with Crippen molar-refractivity contribution in [2.45, 2.75) is 51.3 Å². The minimum absolute atomic E-state index is 0.316. The number of ether oxygens (including phenoxy) is 2. The van der Waals surface area contributed by atoms with E-state index in [2.05, 4.69) is 5.32 Å². The van der Waals surface area contributed by atoms with Crippen LogP contribution < -0.4 is 19.1 Å². The van der Waals surface area contributed by atoms with Gasteiger partial charge in [-0.3, -0.25) is 9.10 Å². The number of anilines is 1. The van der Waals surface area contributed by atoms with Gasteiger partial charge < -0.3 is 14.8 Å². The van der Waals surface area contributed by atoms with Crippen molar-refractivity contribution in [3.8, 4) is 11.5 Å². The molecule has 8 heteroatoms. The Hall–Kier alpha value is -2.74. The number of methoxy groups -OCH3 is 1. The van der Waals surface area contributed by atoms with Gasteiger partial charge in [0.15, 0.2) is 0 Å². The molecule has 2 aromatic rings. The van der Waals surface area contributed by atoms with Crippen molar-refractivity contribution in [1.29, 1.82) is 0 Å². The van der Waals surface area contributed by atoms with Crippen LogP contribution in [0.15, 0.2) is 48.5 Å². The van der Waals surface area contributed by atoms with Crippen molar-refractivity contribution in [2.24, 2.45) is 0 Å². The van der Waals surface area contributed by atoms with Gasteiger partial charge in [-0.05, 0) is 44.5 Å². The average Bonchev–Trinajstić information content (AvgIpc) is 2.70. The van der Waals surface area contributed by atoms with Crippen molar-refractivity contribution in [1.82, 2.24) is 5.32 Å². The highest BCUT2D eigenvalue weighted by Gasteiger charge is 2.38. The molecule has 1 N–H and O–H groups in total. The number of nitrogens with zero attached hydrogens (tertiary/aromatic N) is 1. The highest BCUT2D eigenvalue weighted by molar-refractivity contribution is 7.92. The molecule has 0 bridgehead atoms. The summed E-state index contributed by atoms with van der Waals surface area (Å²) in [5.74, 6) is 0.971. The van der Waals surface area contributed by atoms with Crippen LogP contribution in [0.25, 0.3) is 0 Å². The monoisotopic (exact) mass is 446 g/mol. The fraction of sp³-hybridized carbons (Fsp3) is 0.435. The van der Waals surface area contributed by atoms with Gasteiger partial charge in [-0.15, -0.1) is 0 Å². The van der Waals surface area contributed by atoms with Gasteiger partial charge in [0, 0.05) is 18.1 Å². The molecule has 31 heavy (non-hydrogen) atoms. The predicted molar refractivity (Wildman–Crippen MR) is 121 cm³/mol. The number of nitrogens with one attached hydrogen (secondary N) is 1. The maximum atomic E-state index is 13.4. The molecule has 0 spiro atoms. The molecule has 1 heterocycles. The van der Waals surface area contributed by atoms with E-state index in [-0.39, 0.29) is 11.9 Å². The Morgan fingerprint density at radius 3 is 2.52 bits per heavy atom. The lowest BCUT2D eigenvalue weighted by molar-refractivity contribution is -0.123. The molecule has 1 aliphatic rings. The van der Waals surface area contributed by atoms with E-state index in [1.165, 1.54) is 4.31 Å². The Bertz CT molecular complexity index is 1040. The Kier molecular flexibility index (Phi) is 6.50. The van der Waals surface area contributed by atoms with E-state index in [4.69, 9.17) is 9.47 Å². The number of rotatable bonds is 7. The van der Waals surface area contributed by atoms with Gasteiger partial charge in [-0.1, -0.05) is 25.1 Å². The van der Waals surface area contributed by atoms with Crippen molar-refractivity contribution < 1.29 is 22.7 Å². The lowest BCUT2D eigenvalue weighted by Gasteiger charge is -2.39. The van der Waals surface area contributed by atoms with E-state index in [1.54, 1.807) is 50.4 Å². The number of hydrogen-bond donors (Lipinski definition) is 1. The van der Waals surface area contributed by atoms with E-state index >= 15 is 0 Å². The first kappa shape index (κ1) is 22.9. The van der Waals surface area contributed by atoms with Gasteiger partial charge in [0.25, 0.3) is 0 Å². The van der Waals surface area contributed by atoms with E-state index in [1.807, 2.05) is 26.0 Å². The fourth-order valence-electron chi connectivity index (χ4n) is 3.99. The third-order valence-corrected chi connectivity index (χ3v) is 6.51. The summed E-state index contributed by atoms with van der Waals surface area (Å²) in [4.78, 5) is 13.4. The second kappa shape index (κ2) is 8.78. The lowest BCUT2D eigenvalue weighted by Crippen LogP contribution is -2.51. The minimum atomic E-state index is -3.68. The van der Waals surface area contributed by atoms with Gasteiger partial charge >= 0.3 is 0 Å². The first-order chi connectivity index (χ1) is 14.6. The maximum absolute atomic E-state index is 13.4. The van der Waals surface area contributed by atoms with Crippen molar-refractivity contribution >= 4 is 21.6 Å². The molecule has 2 atom stereocenters. The number of benzene rings is 2. The smallest absolute Gasteiger partial charge is 0.244 e. The van der Waals surface area contributed by atoms with Crippen LogP contribution in [0.4, 0.5) is 5.69 Å². The number of fused-ring (bicyclic) bond motifs is 1. The Morgan fingerprint density at radius 2 is 1.94 bits per heavy atom. The molecule has 0 aromatic heterocycles. The van der Waals surface area contributed by atoms with Gasteiger partial charge in [-0.2, -0.15) is 0 Å². The molecule has 0 radical (unpaired) electrons. The highest BCUT2D eigenvalue weighted by atomic mass is 32.2. The molecule has 1 aliphatic heterocycles. The number of hydrogen-bond acceptors (Lipinski definition) is 5. The number of carbonyl (C=O) groups is 1. The normalized spacial score (nSPS) is 18.3. The van der Waals surface area contributed by atoms with Crippen LogP contribution in [0.3, 0.4) is 0 Å². The third kappa shape index (κ3) is 5.12. The first-order valence-electron chi connectivity index (χ1n) is 10.3. The van der Waals surface area contributed by atoms with Crippen LogP contribution in [-0.4, -0.2) is 39.3 Å². The SMILES string of the molecule is CCC(C(=O)NC1CC(C)(C)Oc2cc(OC)ccc21)N(c1ccccc1)S(C)(=O)=O.